The molecule has 0 aliphatic heterocycles. The summed E-state index contributed by atoms with van der Waals surface area (Å²) in [4.78, 5) is 11.3. The first-order chi connectivity index (χ1) is 7.49. The highest BCUT2D eigenvalue weighted by molar-refractivity contribution is 9.10. The molecule has 1 aromatic carbocycles. The van der Waals surface area contributed by atoms with Crippen LogP contribution < -0.4 is 10.1 Å². The Morgan fingerprint density at radius 3 is 2.81 bits per heavy atom. The van der Waals surface area contributed by atoms with Crippen molar-refractivity contribution in [2.24, 2.45) is 0 Å². The van der Waals surface area contributed by atoms with E-state index in [-0.39, 0.29) is 24.4 Å². The fraction of sp³-hybridized carbons (Fsp3) is 0.364. The minimum absolute atomic E-state index is 0.0766. The molecule has 88 valence electrons. The van der Waals surface area contributed by atoms with Gasteiger partial charge in [0.1, 0.15) is 11.6 Å². The van der Waals surface area contributed by atoms with Gasteiger partial charge in [-0.15, -0.1) is 0 Å². The van der Waals surface area contributed by atoms with Crippen molar-refractivity contribution in [3.8, 4) is 5.75 Å². The van der Waals surface area contributed by atoms with Gasteiger partial charge in [-0.1, -0.05) is 0 Å². The van der Waals surface area contributed by atoms with E-state index in [1.165, 1.54) is 18.2 Å². The number of nitrogens with one attached hydrogen (secondary N) is 1. The van der Waals surface area contributed by atoms with Crippen molar-refractivity contribution in [3.05, 3.63) is 28.5 Å². The van der Waals surface area contributed by atoms with E-state index in [0.29, 0.717) is 10.2 Å². The van der Waals surface area contributed by atoms with Gasteiger partial charge in [0.05, 0.1) is 4.47 Å². The lowest BCUT2D eigenvalue weighted by atomic mass is 10.3. The van der Waals surface area contributed by atoms with Gasteiger partial charge in [-0.25, -0.2) is 4.39 Å². The van der Waals surface area contributed by atoms with E-state index in [1.54, 1.807) is 0 Å². The summed E-state index contributed by atoms with van der Waals surface area (Å²) in [6.07, 6.45) is 0. The number of carbonyl (C=O) groups is 1. The molecule has 1 amide bonds. The van der Waals surface area contributed by atoms with Crippen LogP contribution in [0.4, 0.5) is 4.39 Å². The highest BCUT2D eigenvalue weighted by Crippen LogP contribution is 2.25. The number of halogens is 2. The van der Waals surface area contributed by atoms with E-state index in [9.17, 15) is 9.18 Å². The minimum atomic E-state index is -0.356. The van der Waals surface area contributed by atoms with Crippen molar-refractivity contribution in [2.45, 2.75) is 19.9 Å². The molecule has 0 aliphatic rings. The molecule has 0 unspecified atom stereocenters. The largest absolute Gasteiger partial charge is 0.483 e. The second-order valence-electron chi connectivity index (χ2n) is 3.59. The van der Waals surface area contributed by atoms with Crippen LogP contribution in [0.3, 0.4) is 0 Å². The van der Waals surface area contributed by atoms with Crippen molar-refractivity contribution in [1.82, 2.24) is 5.32 Å². The van der Waals surface area contributed by atoms with Crippen LogP contribution in [-0.2, 0) is 4.79 Å². The summed E-state index contributed by atoms with van der Waals surface area (Å²) in [6.45, 7) is 3.65. The summed E-state index contributed by atoms with van der Waals surface area (Å²) in [5, 5.41) is 2.69. The van der Waals surface area contributed by atoms with E-state index in [0.717, 1.165) is 0 Å². The Hall–Kier alpha value is -1.10. The second-order valence-corrected chi connectivity index (χ2v) is 4.44. The summed E-state index contributed by atoms with van der Waals surface area (Å²) in [5.41, 5.74) is 0. The van der Waals surface area contributed by atoms with Crippen LogP contribution in [0.15, 0.2) is 22.7 Å². The first-order valence-electron chi connectivity index (χ1n) is 4.86. The molecule has 0 saturated heterocycles. The molecule has 1 N–H and O–H groups in total. The molecule has 3 nitrogen and oxygen atoms in total. The van der Waals surface area contributed by atoms with Crippen molar-refractivity contribution in [3.63, 3.8) is 0 Å². The highest BCUT2D eigenvalue weighted by Gasteiger charge is 2.07. The minimum Gasteiger partial charge on any atom is -0.483 e. The topological polar surface area (TPSA) is 38.3 Å². The predicted molar refractivity (Wildman–Crippen MR) is 62.9 cm³/mol. The van der Waals surface area contributed by atoms with Gasteiger partial charge < -0.3 is 10.1 Å². The molecule has 0 fully saturated rings. The molecule has 1 aromatic rings. The van der Waals surface area contributed by atoms with Gasteiger partial charge in [-0.05, 0) is 48.0 Å². The van der Waals surface area contributed by atoms with Crippen LogP contribution in [0.2, 0.25) is 0 Å². The van der Waals surface area contributed by atoms with Crippen LogP contribution in [-0.4, -0.2) is 18.6 Å². The number of rotatable bonds is 4. The average Bonchev–Trinajstić information content (AvgIpc) is 2.15. The highest BCUT2D eigenvalue weighted by atomic mass is 79.9. The first kappa shape index (κ1) is 13.0. The Morgan fingerprint density at radius 1 is 1.56 bits per heavy atom. The van der Waals surface area contributed by atoms with E-state index >= 15 is 0 Å². The molecule has 0 radical (unpaired) electrons. The normalized spacial score (nSPS) is 10.3. The number of carbonyl (C=O) groups excluding carboxylic acids is 1. The molecule has 0 aliphatic carbocycles. The molecule has 0 atom stereocenters. The van der Waals surface area contributed by atoms with E-state index < -0.39 is 0 Å². The van der Waals surface area contributed by atoms with E-state index in [2.05, 4.69) is 21.2 Å². The van der Waals surface area contributed by atoms with Gasteiger partial charge in [0.25, 0.3) is 5.91 Å². The lowest BCUT2D eigenvalue weighted by Gasteiger charge is -2.10. The van der Waals surface area contributed by atoms with Gasteiger partial charge >= 0.3 is 0 Å². The Balaban J connectivity index is 2.51. The third-order valence-electron chi connectivity index (χ3n) is 1.70. The fourth-order valence-electron chi connectivity index (χ4n) is 1.10. The summed E-state index contributed by atoms with van der Waals surface area (Å²) in [5.74, 6) is -0.114. The zero-order valence-corrected chi connectivity index (χ0v) is 10.7. The molecule has 0 spiro atoms. The standard InChI is InChI=1S/C11H13BrFNO2/c1-7(2)14-11(15)6-16-10-4-3-8(13)5-9(10)12/h3-5,7H,6H2,1-2H3,(H,14,15). The SMILES string of the molecule is CC(C)NC(=O)COc1ccc(F)cc1Br. The van der Waals surface area contributed by atoms with Crippen molar-refractivity contribution >= 4 is 21.8 Å². The van der Waals surface area contributed by atoms with Crippen LogP contribution in [0, 0.1) is 5.82 Å². The third kappa shape index (κ3) is 4.18. The van der Waals surface area contributed by atoms with Crippen LogP contribution in [0.25, 0.3) is 0 Å². The summed E-state index contributed by atoms with van der Waals surface area (Å²) >= 11 is 3.15. The quantitative estimate of drug-likeness (QED) is 0.925. The number of amides is 1. The Kier molecular flexibility index (Phi) is 4.73. The van der Waals surface area contributed by atoms with Gasteiger partial charge in [0.15, 0.2) is 6.61 Å². The van der Waals surface area contributed by atoms with Crippen molar-refractivity contribution < 1.29 is 13.9 Å². The number of benzene rings is 1. The van der Waals surface area contributed by atoms with E-state index in [4.69, 9.17) is 4.74 Å². The molecule has 16 heavy (non-hydrogen) atoms. The molecule has 1 rings (SSSR count). The summed E-state index contributed by atoms with van der Waals surface area (Å²) < 4.78 is 18.5. The number of hydrogen-bond acceptors (Lipinski definition) is 2. The molecule has 0 heterocycles. The first-order valence-corrected chi connectivity index (χ1v) is 5.65. The second kappa shape index (κ2) is 5.84. The molecule has 0 saturated carbocycles. The molecule has 0 aromatic heterocycles. The molecule has 0 bridgehead atoms. The Bertz CT molecular complexity index is 382. The zero-order chi connectivity index (χ0) is 12.1. The Labute approximate surface area is 102 Å². The lowest BCUT2D eigenvalue weighted by molar-refractivity contribution is -0.123. The molecule has 5 heteroatoms. The predicted octanol–water partition coefficient (Wildman–Crippen LogP) is 2.49. The monoisotopic (exact) mass is 289 g/mol. The van der Waals surface area contributed by atoms with Crippen LogP contribution in [0.5, 0.6) is 5.75 Å². The molecular weight excluding hydrogens is 277 g/mol. The summed E-state index contributed by atoms with van der Waals surface area (Å²) in [6, 6.07) is 4.12. The fourth-order valence-corrected chi connectivity index (χ4v) is 1.56. The maximum Gasteiger partial charge on any atom is 0.258 e. The van der Waals surface area contributed by atoms with Gasteiger partial charge in [-0.2, -0.15) is 0 Å². The maximum absolute atomic E-state index is 12.8. The lowest BCUT2D eigenvalue weighted by Crippen LogP contribution is -2.34. The summed E-state index contributed by atoms with van der Waals surface area (Å²) in [7, 11) is 0. The Morgan fingerprint density at radius 2 is 2.25 bits per heavy atom. The van der Waals surface area contributed by atoms with Crippen LogP contribution >= 0.6 is 15.9 Å². The van der Waals surface area contributed by atoms with E-state index in [1.807, 2.05) is 13.8 Å². The van der Waals surface area contributed by atoms with Gasteiger partial charge in [0.2, 0.25) is 0 Å². The zero-order valence-electron chi connectivity index (χ0n) is 9.09. The maximum atomic E-state index is 12.8. The van der Waals surface area contributed by atoms with Gasteiger partial charge in [-0.3, -0.25) is 4.79 Å². The average molecular weight is 290 g/mol. The smallest absolute Gasteiger partial charge is 0.258 e. The van der Waals surface area contributed by atoms with Gasteiger partial charge in [0, 0.05) is 6.04 Å². The number of hydrogen-bond donors (Lipinski definition) is 1. The molecular formula is C11H13BrFNO2. The van der Waals surface area contributed by atoms with Crippen LogP contribution in [0.1, 0.15) is 13.8 Å². The number of ether oxygens (including phenoxy) is 1. The van der Waals surface area contributed by atoms with Crippen molar-refractivity contribution in [1.29, 1.82) is 0 Å². The third-order valence-corrected chi connectivity index (χ3v) is 2.32. The van der Waals surface area contributed by atoms with Crippen molar-refractivity contribution in [2.75, 3.05) is 6.61 Å².